The molecule has 0 saturated heterocycles. The maximum Gasteiger partial charge on any atom is 0.334 e. The van der Waals surface area contributed by atoms with E-state index in [-0.39, 0.29) is 23.9 Å². The van der Waals surface area contributed by atoms with Crippen molar-refractivity contribution in [1.29, 1.82) is 0 Å². The number of hydrogen-bond acceptors (Lipinski definition) is 4. The Morgan fingerprint density at radius 2 is 2.12 bits per heavy atom. The molecule has 134 valence electrons. The second-order valence-electron chi connectivity index (χ2n) is 8.39. The van der Waals surface area contributed by atoms with Crippen molar-refractivity contribution < 1.29 is 19.7 Å². The fraction of sp³-hybridized carbons (Fsp3) is 0.750. The van der Waals surface area contributed by atoms with Gasteiger partial charge in [0.1, 0.15) is 6.61 Å². The fourth-order valence-electron chi connectivity index (χ4n) is 5.63. The maximum atomic E-state index is 11.7. The molecule has 4 heteroatoms. The van der Waals surface area contributed by atoms with Crippen LogP contribution >= 0.6 is 0 Å². The van der Waals surface area contributed by atoms with Gasteiger partial charge in [0, 0.05) is 11.0 Å². The minimum absolute atomic E-state index is 0.0189. The van der Waals surface area contributed by atoms with Crippen LogP contribution < -0.4 is 0 Å². The molecule has 0 bridgehead atoms. The van der Waals surface area contributed by atoms with Gasteiger partial charge in [0.2, 0.25) is 0 Å². The van der Waals surface area contributed by atoms with Crippen LogP contribution in [0.3, 0.4) is 0 Å². The lowest BCUT2D eigenvalue weighted by atomic mass is 9.46. The van der Waals surface area contributed by atoms with E-state index >= 15 is 0 Å². The van der Waals surface area contributed by atoms with Gasteiger partial charge < -0.3 is 14.9 Å². The van der Waals surface area contributed by atoms with Crippen molar-refractivity contribution in [2.75, 3.05) is 13.2 Å². The van der Waals surface area contributed by atoms with Crippen LogP contribution in [0.4, 0.5) is 0 Å². The molecule has 2 saturated carbocycles. The molecule has 0 amide bonds. The van der Waals surface area contributed by atoms with Gasteiger partial charge in [-0.2, -0.15) is 0 Å². The first-order chi connectivity index (χ1) is 11.3. The zero-order chi connectivity index (χ0) is 17.5. The summed E-state index contributed by atoms with van der Waals surface area (Å²) in [5, 5.41) is 20.5. The zero-order valence-corrected chi connectivity index (χ0v) is 14.9. The van der Waals surface area contributed by atoms with E-state index in [4.69, 9.17) is 4.74 Å². The van der Waals surface area contributed by atoms with Crippen LogP contribution in [-0.2, 0) is 9.53 Å². The molecule has 3 rings (SSSR count). The summed E-state index contributed by atoms with van der Waals surface area (Å²) in [5.74, 6) is 0.417. The predicted molar refractivity (Wildman–Crippen MR) is 92.2 cm³/mol. The number of aliphatic hydroxyl groups excluding tert-OH is 2. The summed E-state index contributed by atoms with van der Waals surface area (Å²) in [6.45, 7) is 9.07. The van der Waals surface area contributed by atoms with Gasteiger partial charge in [0.15, 0.2) is 0 Å². The highest BCUT2D eigenvalue weighted by atomic mass is 16.5. The van der Waals surface area contributed by atoms with Gasteiger partial charge >= 0.3 is 5.97 Å². The normalized spacial score (nSPS) is 42.5. The summed E-state index contributed by atoms with van der Waals surface area (Å²) < 4.78 is 5.01. The molecule has 0 radical (unpaired) electrons. The number of carbonyl (C=O) groups excluding carboxylic acids is 1. The Morgan fingerprint density at radius 1 is 1.38 bits per heavy atom. The van der Waals surface area contributed by atoms with E-state index in [2.05, 4.69) is 13.5 Å². The summed E-state index contributed by atoms with van der Waals surface area (Å²) in [6.07, 6.45) is 6.64. The highest BCUT2D eigenvalue weighted by Crippen LogP contribution is 2.61. The van der Waals surface area contributed by atoms with Crippen LogP contribution in [-0.4, -0.2) is 35.5 Å². The van der Waals surface area contributed by atoms with Crippen molar-refractivity contribution in [2.24, 2.45) is 22.7 Å². The first-order valence-corrected chi connectivity index (χ1v) is 9.15. The molecule has 1 heterocycles. The summed E-state index contributed by atoms with van der Waals surface area (Å²) in [5.41, 5.74) is 1.62. The van der Waals surface area contributed by atoms with Gasteiger partial charge in [-0.25, -0.2) is 4.79 Å². The molecule has 4 nitrogen and oxygen atoms in total. The van der Waals surface area contributed by atoms with E-state index in [0.717, 1.165) is 44.1 Å². The zero-order valence-electron chi connectivity index (χ0n) is 14.9. The first-order valence-electron chi connectivity index (χ1n) is 9.15. The Hall–Kier alpha value is -1.13. The lowest BCUT2D eigenvalue weighted by molar-refractivity contribution is -0.152. The van der Waals surface area contributed by atoms with E-state index in [9.17, 15) is 15.0 Å². The van der Waals surface area contributed by atoms with Crippen molar-refractivity contribution in [3.8, 4) is 0 Å². The van der Waals surface area contributed by atoms with E-state index in [1.807, 2.05) is 13.0 Å². The van der Waals surface area contributed by atoms with Crippen LogP contribution in [0.25, 0.3) is 0 Å². The number of cyclic esters (lactones) is 1. The Bertz CT molecular complexity index is 566. The molecule has 2 N–H and O–H groups in total. The average molecular weight is 334 g/mol. The van der Waals surface area contributed by atoms with Crippen molar-refractivity contribution >= 4 is 5.97 Å². The van der Waals surface area contributed by atoms with Gasteiger partial charge in [0.05, 0.1) is 12.7 Å². The average Bonchev–Trinajstić information content (AvgIpc) is 2.96. The molecule has 1 unspecified atom stereocenters. The standard InChI is InChI=1S/C20H30O4/c1-13-4-7-16-19(2,10-8-17(22)20(16,3)12-21)15(13)6-5-14-9-11-24-18(14)23/h9,15-17,21-22H,1,4-8,10-12H2,2-3H3/t15-,16?,17+,19+,20+/m1/s1. The number of fused-ring (bicyclic) bond motifs is 1. The molecular formula is C20H30O4. The Morgan fingerprint density at radius 3 is 2.75 bits per heavy atom. The quantitative estimate of drug-likeness (QED) is 0.613. The van der Waals surface area contributed by atoms with Crippen molar-refractivity contribution in [3.63, 3.8) is 0 Å². The number of esters is 1. The van der Waals surface area contributed by atoms with Crippen LogP contribution in [0.5, 0.6) is 0 Å². The van der Waals surface area contributed by atoms with E-state index in [1.165, 1.54) is 5.57 Å². The van der Waals surface area contributed by atoms with Crippen LogP contribution in [0.15, 0.2) is 23.8 Å². The molecule has 1 aliphatic heterocycles. The number of carbonyl (C=O) groups is 1. The number of ether oxygens (including phenoxy) is 1. The van der Waals surface area contributed by atoms with E-state index < -0.39 is 11.5 Å². The summed E-state index contributed by atoms with van der Waals surface area (Å²) >= 11 is 0. The highest BCUT2D eigenvalue weighted by Gasteiger charge is 2.57. The third kappa shape index (κ3) is 2.64. The molecule has 0 aromatic heterocycles. The molecule has 0 aromatic rings. The molecule has 2 fully saturated rings. The topological polar surface area (TPSA) is 66.8 Å². The third-order valence-electron chi connectivity index (χ3n) is 7.20. The SMILES string of the molecule is C=C1CCC2[C@](C)(CO)[C@@H](O)CC[C@@]2(C)[C@@H]1CCC1=CCOC1=O. The molecule has 5 atom stereocenters. The van der Waals surface area contributed by atoms with Gasteiger partial charge in [-0.15, -0.1) is 0 Å². The molecule has 24 heavy (non-hydrogen) atoms. The fourth-order valence-corrected chi connectivity index (χ4v) is 5.63. The van der Waals surface area contributed by atoms with E-state index in [1.54, 1.807) is 0 Å². The van der Waals surface area contributed by atoms with Crippen molar-refractivity contribution in [2.45, 2.75) is 58.5 Å². The lowest BCUT2D eigenvalue weighted by Gasteiger charge is -2.60. The molecule has 2 aliphatic carbocycles. The van der Waals surface area contributed by atoms with Gasteiger partial charge in [-0.1, -0.05) is 26.0 Å². The van der Waals surface area contributed by atoms with Crippen LogP contribution in [0, 0.1) is 22.7 Å². The Kier molecular flexibility index (Phi) is 4.65. The minimum Gasteiger partial charge on any atom is -0.458 e. The summed E-state index contributed by atoms with van der Waals surface area (Å²) in [7, 11) is 0. The van der Waals surface area contributed by atoms with Crippen LogP contribution in [0.2, 0.25) is 0 Å². The second-order valence-corrected chi connectivity index (χ2v) is 8.39. The van der Waals surface area contributed by atoms with Gasteiger partial charge in [-0.3, -0.25) is 0 Å². The summed E-state index contributed by atoms with van der Waals surface area (Å²) in [6, 6.07) is 0. The van der Waals surface area contributed by atoms with Crippen molar-refractivity contribution in [3.05, 3.63) is 23.8 Å². The summed E-state index contributed by atoms with van der Waals surface area (Å²) in [4.78, 5) is 11.7. The molecule has 0 spiro atoms. The molecule has 0 aromatic carbocycles. The van der Waals surface area contributed by atoms with Crippen LogP contribution in [0.1, 0.15) is 52.4 Å². The number of rotatable bonds is 4. The lowest BCUT2D eigenvalue weighted by Crippen LogP contribution is -2.57. The number of allylic oxidation sites excluding steroid dienone is 1. The van der Waals surface area contributed by atoms with Gasteiger partial charge in [-0.05, 0) is 61.9 Å². The Labute approximate surface area is 144 Å². The minimum atomic E-state index is -0.447. The molecular weight excluding hydrogens is 304 g/mol. The highest BCUT2D eigenvalue weighted by molar-refractivity contribution is 5.90. The van der Waals surface area contributed by atoms with Crippen molar-refractivity contribution in [1.82, 2.24) is 0 Å². The van der Waals surface area contributed by atoms with Gasteiger partial charge in [0.25, 0.3) is 0 Å². The molecule has 3 aliphatic rings. The third-order valence-corrected chi connectivity index (χ3v) is 7.20. The first kappa shape index (κ1) is 17.7. The largest absolute Gasteiger partial charge is 0.458 e. The monoisotopic (exact) mass is 334 g/mol. The Balaban J connectivity index is 1.83. The number of aliphatic hydroxyl groups is 2. The smallest absolute Gasteiger partial charge is 0.334 e. The maximum absolute atomic E-state index is 11.7. The predicted octanol–water partition coefficient (Wildman–Crippen LogP) is 2.99. The second kappa shape index (κ2) is 6.30. The number of hydrogen-bond donors (Lipinski definition) is 2. The van der Waals surface area contributed by atoms with E-state index in [0.29, 0.717) is 12.5 Å².